The van der Waals surface area contributed by atoms with Gasteiger partial charge in [-0.2, -0.15) is 0 Å². The van der Waals surface area contributed by atoms with Crippen molar-refractivity contribution in [3.63, 3.8) is 0 Å². The molecule has 4 saturated carbocycles. The van der Waals surface area contributed by atoms with E-state index in [0.717, 1.165) is 24.7 Å². The lowest BCUT2D eigenvalue weighted by atomic mass is 9.33. The summed E-state index contributed by atoms with van der Waals surface area (Å²) in [5.74, 6) is 2.37. The van der Waals surface area contributed by atoms with Gasteiger partial charge in [-0.15, -0.1) is 0 Å². The molecule has 0 bridgehead atoms. The van der Waals surface area contributed by atoms with Crippen LogP contribution >= 0.6 is 0 Å². The Hall–Kier alpha value is -0.590. The minimum absolute atomic E-state index is 0.234. The fourth-order valence-electron chi connectivity index (χ4n) is 9.93. The standard InChI is InChI=1S/C30H50O/c1-21(2)10-9-14-26(4)16-19-30(8)25-13-15-28(6)22(3)23(31)11-12-24(28)29(25,7)18-17-27(30,5)20-26/h10,22,24-25H,9,11-20H2,1-8H3/t22-,24?,25?,26+,27-,28+,29-,30+/m0/s1. The average molecular weight is 427 g/mol. The monoisotopic (exact) mass is 426 g/mol. The molecule has 0 N–H and O–H groups in total. The van der Waals surface area contributed by atoms with Gasteiger partial charge in [0.15, 0.2) is 0 Å². The molecule has 0 spiro atoms. The average Bonchev–Trinajstić information content (AvgIpc) is 2.67. The van der Waals surface area contributed by atoms with Gasteiger partial charge in [0.2, 0.25) is 0 Å². The number of rotatable bonds is 3. The molecule has 0 radical (unpaired) electrons. The summed E-state index contributed by atoms with van der Waals surface area (Å²) < 4.78 is 0. The molecule has 0 aromatic rings. The minimum atomic E-state index is 0.234. The van der Waals surface area contributed by atoms with Crippen LogP contribution in [0.5, 0.6) is 0 Å². The maximum Gasteiger partial charge on any atom is 0.136 e. The van der Waals surface area contributed by atoms with Gasteiger partial charge >= 0.3 is 0 Å². The predicted molar refractivity (Wildman–Crippen MR) is 132 cm³/mol. The number of allylic oxidation sites excluding steroid dienone is 2. The third kappa shape index (κ3) is 3.42. The van der Waals surface area contributed by atoms with Crippen LogP contribution in [0.15, 0.2) is 11.6 Å². The Morgan fingerprint density at radius 2 is 1.61 bits per heavy atom. The van der Waals surface area contributed by atoms with Crippen molar-refractivity contribution in [1.82, 2.24) is 0 Å². The second-order valence-electron chi connectivity index (χ2n) is 14.2. The Morgan fingerprint density at radius 1 is 0.903 bits per heavy atom. The minimum Gasteiger partial charge on any atom is -0.299 e. The summed E-state index contributed by atoms with van der Waals surface area (Å²) in [6.45, 7) is 19.8. The Morgan fingerprint density at radius 3 is 2.29 bits per heavy atom. The van der Waals surface area contributed by atoms with E-state index in [9.17, 15) is 4.79 Å². The second-order valence-corrected chi connectivity index (χ2v) is 14.2. The molecule has 2 unspecified atom stereocenters. The van der Waals surface area contributed by atoms with Crippen molar-refractivity contribution in [3.8, 4) is 0 Å². The molecule has 4 rings (SSSR count). The summed E-state index contributed by atoms with van der Waals surface area (Å²) in [5.41, 5.74) is 3.56. The topological polar surface area (TPSA) is 17.1 Å². The largest absolute Gasteiger partial charge is 0.299 e. The van der Waals surface area contributed by atoms with E-state index in [1.165, 1.54) is 63.4 Å². The summed E-state index contributed by atoms with van der Waals surface area (Å²) in [5, 5.41) is 0. The molecule has 0 aromatic heterocycles. The summed E-state index contributed by atoms with van der Waals surface area (Å²) in [6, 6.07) is 0. The van der Waals surface area contributed by atoms with Gasteiger partial charge in [-0.1, -0.05) is 53.2 Å². The number of carbonyl (C=O) groups excluding carboxylic acids is 1. The number of Topliss-reactive ketones (excluding diaryl/α,β-unsaturated/α-hetero) is 1. The van der Waals surface area contributed by atoms with Crippen LogP contribution in [0, 0.1) is 44.8 Å². The van der Waals surface area contributed by atoms with Crippen molar-refractivity contribution in [2.75, 3.05) is 0 Å². The van der Waals surface area contributed by atoms with Gasteiger partial charge in [0.1, 0.15) is 5.78 Å². The van der Waals surface area contributed by atoms with Gasteiger partial charge in [-0.05, 0) is 117 Å². The molecule has 1 nitrogen and oxygen atoms in total. The molecular formula is C30H50O. The van der Waals surface area contributed by atoms with E-state index in [1.54, 1.807) is 0 Å². The lowest BCUT2D eigenvalue weighted by Gasteiger charge is -2.72. The first-order valence-electron chi connectivity index (χ1n) is 13.5. The lowest BCUT2D eigenvalue weighted by molar-refractivity contribution is -0.225. The van der Waals surface area contributed by atoms with Crippen molar-refractivity contribution < 1.29 is 4.79 Å². The molecule has 31 heavy (non-hydrogen) atoms. The van der Waals surface area contributed by atoms with E-state index in [1.807, 2.05) is 0 Å². The van der Waals surface area contributed by atoms with Crippen LogP contribution in [-0.4, -0.2) is 5.78 Å². The van der Waals surface area contributed by atoms with E-state index < -0.39 is 0 Å². The third-order valence-corrected chi connectivity index (χ3v) is 12.2. The van der Waals surface area contributed by atoms with Crippen molar-refractivity contribution in [2.24, 2.45) is 44.8 Å². The van der Waals surface area contributed by atoms with E-state index in [-0.39, 0.29) is 11.3 Å². The summed E-state index contributed by atoms with van der Waals surface area (Å²) in [6.07, 6.45) is 16.7. The highest BCUT2D eigenvalue weighted by molar-refractivity contribution is 5.82. The van der Waals surface area contributed by atoms with E-state index in [0.29, 0.717) is 27.4 Å². The Balaban J connectivity index is 1.61. The molecule has 0 aromatic carbocycles. The fourth-order valence-corrected chi connectivity index (χ4v) is 9.93. The summed E-state index contributed by atoms with van der Waals surface area (Å²) in [4.78, 5) is 12.7. The fraction of sp³-hybridized carbons (Fsp3) is 0.900. The molecular weight excluding hydrogens is 376 g/mol. The molecule has 4 aliphatic carbocycles. The van der Waals surface area contributed by atoms with Gasteiger partial charge in [0.25, 0.3) is 0 Å². The zero-order valence-electron chi connectivity index (χ0n) is 22.0. The maximum atomic E-state index is 12.7. The normalized spacial score (nSPS) is 52.0. The molecule has 1 heteroatoms. The first-order valence-corrected chi connectivity index (χ1v) is 13.5. The van der Waals surface area contributed by atoms with Gasteiger partial charge in [-0.25, -0.2) is 0 Å². The highest BCUT2D eigenvalue weighted by Gasteiger charge is 2.67. The Kier molecular flexibility index (Phi) is 5.67. The van der Waals surface area contributed by atoms with E-state index in [2.05, 4.69) is 61.5 Å². The van der Waals surface area contributed by atoms with Crippen LogP contribution < -0.4 is 0 Å². The van der Waals surface area contributed by atoms with Crippen LogP contribution in [0.25, 0.3) is 0 Å². The third-order valence-electron chi connectivity index (χ3n) is 12.2. The van der Waals surface area contributed by atoms with Crippen molar-refractivity contribution in [2.45, 2.75) is 126 Å². The molecule has 0 aliphatic heterocycles. The number of hydrogen-bond donors (Lipinski definition) is 0. The molecule has 4 aliphatic rings. The van der Waals surface area contributed by atoms with Gasteiger partial charge in [0, 0.05) is 12.3 Å². The van der Waals surface area contributed by atoms with Gasteiger partial charge in [-0.3, -0.25) is 4.79 Å². The molecule has 8 atom stereocenters. The highest BCUT2D eigenvalue weighted by Crippen LogP contribution is 2.75. The summed E-state index contributed by atoms with van der Waals surface area (Å²) in [7, 11) is 0. The molecule has 176 valence electrons. The van der Waals surface area contributed by atoms with Crippen molar-refractivity contribution in [3.05, 3.63) is 11.6 Å². The quantitative estimate of drug-likeness (QED) is 0.412. The van der Waals surface area contributed by atoms with E-state index >= 15 is 0 Å². The van der Waals surface area contributed by atoms with Gasteiger partial charge in [0.05, 0.1) is 0 Å². The molecule has 4 fully saturated rings. The number of fused-ring (bicyclic) bond motifs is 5. The van der Waals surface area contributed by atoms with Crippen LogP contribution in [0.1, 0.15) is 126 Å². The lowest BCUT2D eigenvalue weighted by Crippen LogP contribution is -2.64. The SMILES string of the molecule is CC(C)=CCC[C@]1(C)CC[C@]2(C)C3CC[C@@]4(C)C(CCC(=O)[C@@H]4C)[C@]3(C)CC[C@@]2(C)C1. The smallest absolute Gasteiger partial charge is 0.136 e. The van der Waals surface area contributed by atoms with E-state index in [4.69, 9.17) is 0 Å². The highest BCUT2D eigenvalue weighted by atomic mass is 16.1. The Bertz CT molecular complexity index is 760. The van der Waals surface area contributed by atoms with Crippen LogP contribution in [0.2, 0.25) is 0 Å². The molecule has 0 amide bonds. The van der Waals surface area contributed by atoms with Gasteiger partial charge < -0.3 is 0 Å². The second kappa shape index (κ2) is 7.46. The number of hydrogen-bond acceptors (Lipinski definition) is 1. The first-order chi connectivity index (χ1) is 14.3. The number of carbonyl (C=O) groups is 1. The number of ketones is 1. The summed E-state index contributed by atoms with van der Waals surface area (Å²) >= 11 is 0. The van der Waals surface area contributed by atoms with Crippen LogP contribution in [-0.2, 0) is 4.79 Å². The zero-order chi connectivity index (χ0) is 22.9. The van der Waals surface area contributed by atoms with Crippen molar-refractivity contribution in [1.29, 1.82) is 0 Å². The van der Waals surface area contributed by atoms with Crippen molar-refractivity contribution >= 4 is 5.78 Å². The Labute approximate surface area is 193 Å². The molecule has 0 saturated heterocycles. The van der Waals surface area contributed by atoms with Crippen LogP contribution in [0.3, 0.4) is 0 Å². The zero-order valence-corrected chi connectivity index (χ0v) is 22.0. The first kappa shape index (κ1) is 23.6. The maximum absolute atomic E-state index is 12.7. The molecule has 0 heterocycles. The van der Waals surface area contributed by atoms with Crippen LogP contribution in [0.4, 0.5) is 0 Å². The predicted octanol–water partition coefficient (Wildman–Crippen LogP) is 8.77.